The number of benzene rings is 3. The van der Waals surface area contributed by atoms with E-state index in [2.05, 4.69) is 19.7 Å². The van der Waals surface area contributed by atoms with Crippen LogP contribution in [0.5, 0.6) is 34.5 Å². The van der Waals surface area contributed by atoms with Crippen molar-refractivity contribution in [3.63, 3.8) is 0 Å². The van der Waals surface area contributed by atoms with Gasteiger partial charge in [0.2, 0.25) is 0 Å². The van der Waals surface area contributed by atoms with E-state index in [1.54, 1.807) is 72.8 Å². The zero-order chi connectivity index (χ0) is 26.6. The second kappa shape index (κ2) is 13.6. The summed E-state index contributed by atoms with van der Waals surface area (Å²) in [4.78, 5) is 34.2. The van der Waals surface area contributed by atoms with Crippen molar-refractivity contribution in [2.75, 3.05) is 0 Å². The fraction of sp³-hybridized carbons (Fsp3) is 0. The van der Waals surface area contributed by atoms with Crippen LogP contribution in [0.1, 0.15) is 0 Å². The van der Waals surface area contributed by atoms with Crippen LogP contribution in [0.2, 0.25) is 0 Å². The molecule has 0 aliphatic heterocycles. The second-order valence-corrected chi connectivity index (χ2v) is 10.7. The number of ether oxygens (including phenoxy) is 3. The van der Waals surface area contributed by atoms with Crippen molar-refractivity contribution in [1.82, 2.24) is 0 Å². The number of esters is 3. The quantitative estimate of drug-likeness (QED) is 0.117. The van der Waals surface area contributed by atoms with Gasteiger partial charge in [-0.05, 0) is 0 Å². The molecule has 188 valence electrons. The van der Waals surface area contributed by atoms with Crippen LogP contribution in [-0.2, 0) is 14.4 Å². The van der Waals surface area contributed by atoms with Crippen molar-refractivity contribution in [3.05, 3.63) is 111 Å². The molecule has 10 heteroatoms. The minimum absolute atomic E-state index is 0.319. The summed E-state index contributed by atoms with van der Waals surface area (Å²) in [5, 5.41) is 0. The summed E-state index contributed by atoms with van der Waals surface area (Å²) in [6, 6.07) is 19.0. The van der Waals surface area contributed by atoms with Crippen LogP contribution in [0.4, 0.5) is 0 Å². The number of carbonyl (C=O) groups is 3. The van der Waals surface area contributed by atoms with Crippen LogP contribution in [0.3, 0.4) is 0 Å². The van der Waals surface area contributed by atoms with Crippen LogP contribution in [0.15, 0.2) is 111 Å². The monoisotopic (exact) mass is 698 g/mol. The van der Waals surface area contributed by atoms with Gasteiger partial charge in [-0.2, -0.15) is 0 Å². The fourth-order valence-electron chi connectivity index (χ4n) is 2.49. The van der Waals surface area contributed by atoms with Gasteiger partial charge in [0.25, 0.3) is 0 Å². The first-order valence-corrected chi connectivity index (χ1v) is 14.8. The summed E-state index contributed by atoms with van der Waals surface area (Å²) in [6.45, 7) is 10.1. The number of rotatable bonds is 12. The Bertz CT molecular complexity index is 1110. The van der Waals surface area contributed by atoms with Crippen molar-refractivity contribution < 1.29 is 37.0 Å². The number of hydrogen-bond donors (Lipinski definition) is 0. The first kappa shape index (κ1) is 27.2. The third kappa shape index (κ3) is 8.94. The van der Waals surface area contributed by atoms with Gasteiger partial charge in [-0.3, -0.25) is 0 Å². The third-order valence-electron chi connectivity index (χ3n) is 4.17. The van der Waals surface area contributed by atoms with Crippen LogP contribution < -0.4 is 22.7 Å². The van der Waals surface area contributed by atoms with E-state index in [9.17, 15) is 14.4 Å². The molecule has 9 nitrogen and oxygen atoms in total. The van der Waals surface area contributed by atoms with Gasteiger partial charge in [0.05, 0.1) is 0 Å². The molecule has 3 aromatic carbocycles. The van der Waals surface area contributed by atoms with E-state index in [1.807, 2.05) is 0 Å². The van der Waals surface area contributed by atoms with Gasteiger partial charge in [-0.1, -0.05) is 0 Å². The van der Waals surface area contributed by atoms with Gasteiger partial charge >= 0.3 is 223 Å². The van der Waals surface area contributed by atoms with Gasteiger partial charge < -0.3 is 0 Å². The van der Waals surface area contributed by atoms with Crippen LogP contribution in [-0.4, -0.2) is 41.0 Å². The van der Waals surface area contributed by atoms with E-state index in [0.717, 1.165) is 18.2 Å². The topological polar surface area (TPSA) is 107 Å². The molecule has 0 bridgehead atoms. The molecule has 0 spiro atoms. The fourth-order valence-corrected chi connectivity index (χ4v) is 6.35. The third-order valence-corrected chi connectivity index (χ3v) is 8.36. The summed E-state index contributed by atoms with van der Waals surface area (Å²) in [5.41, 5.74) is 0. The molecule has 0 atom stereocenters. The minimum atomic E-state index is -3.71. The summed E-state index contributed by atoms with van der Waals surface area (Å²) in [5.74, 6) is 0.514. The molecule has 0 aliphatic rings. The Kier molecular flexibility index (Phi) is 9.99. The molecule has 0 aromatic heterocycles. The molecular formula is C27H21BiO9. The van der Waals surface area contributed by atoms with Crippen molar-refractivity contribution in [2.45, 2.75) is 0 Å². The van der Waals surface area contributed by atoms with Crippen LogP contribution in [0.25, 0.3) is 0 Å². The zero-order valence-corrected chi connectivity index (χ0v) is 22.9. The van der Waals surface area contributed by atoms with Crippen LogP contribution in [0, 0.1) is 0 Å². The molecule has 0 fully saturated rings. The molecule has 0 radical (unpaired) electrons. The van der Waals surface area contributed by atoms with Crippen molar-refractivity contribution in [1.29, 1.82) is 0 Å². The molecule has 3 rings (SSSR count). The maximum absolute atomic E-state index is 11.4. The molecule has 0 N–H and O–H groups in total. The van der Waals surface area contributed by atoms with E-state index in [-0.39, 0.29) is 0 Å². The summed E-state index contributed by atoms with van der Waals surface area (Å²) < 4.78 is 33.3. The first-order valence-electron chi connectivity index (χ1n) is 10.6. The van der Waals surface area contributed by atoms with Gasteiger partial charge in [0, 0.05) is 0 Å². The Balaban J connectivity index is 1.75. The predicted molar refractivity (Wildman–Crippen MR) is 134 cm³/mol. The average Bonchev–Trinajstić information content (AvgIpc) is 2.91. The zero-order valence-electron chi connectivity index (χ0n) is 19.4. The average molecular weight is 698 g/mol. The predicted octanol–water partition coefficient (Wildman–Crippen LogP) is 4.48. The molecule has 0 heterocycles. The second-order valence-electron chi connectivity index (χ2n) is 6.79. The standard InChI is InChI=1S/3C9H8O3.Bi/c3*1-2-9(11)12-8-5-3-7(10)4-6-8;/h3*2-6,10H,1H2;/q;;;+3/p-3. The van der Waals surface area contributed by atoms with Gasteiger partial charge in [-0.25, -0.2) is 0 Å². The van der Waals surface area contributed by atoms with E-state index in [1.165, 1.54) is 0 Å². The van der Waals surface area contributed by atoms with Crippen molar-refractivity contribution in [2.24, 2.45) is 0 Å². The number of carbonyl (C=O) groups excluding carboxylic acids is 3. The summed E-state index contributed by atoms with van der Waals surface area (Å²) in [6.07, 6.45) is 3.18. The molecule has 0 aliphatic carbocycles. The number of hydrogen-bond acceptors (Lipinski definition) is 9. The molecule has 0 amide bonds. The Hall–Kier alpha value is -4.43. The molecule has 37 heavy (non-hydrogen) atoms. The first-order chi connectivity index (χ1) is 17.9. The van der Waals surface area contributed by atoms with Crippen molar-refractivity contribution in [3.8, 4) is 34.5 Å². The van der Waals surface area contributed by atoms with Crippen molar-refractivity contribution >= 4 is 41.0 Å². The SMILES string of the molecule is C=CC(=O)Oc1ccc([O][Bi]([O]c2ccc(OC(=O)C=C)cc2)[O]c2ccc(OC(=O)C=C)cc2)cc1. The molecular weight excluding hydrogens is 677 g/mol. The molecule has 0 saturated heterocycles. The van der Waals surface area contributed by atoms with Gasteiger partial charge in [-0.15, -0.1) is 0 Å². The molecule has 0 saturated carbocycles. The van der Waals surface area contributed by atoms with E-state index < -0.39 is 41.0 Å². The van der Waals surface area contributed by atoms with Crippen LogP contribution >= 0.6 is 0 Å². The Morgan fingerprint density at radius 1 is 0.459 bits per heavy atom. The van der Waals surface area contributed by atoms with E-state index in [0.29, 0.717) is 34.5 Å². The normalized spacial score (nSPS) is 9.97. The Morgan fingerprint density at radius 2 is 0.676 bits per heavy atom. The molecule has 3 aromatic rings. The summed E-state index contributed by atoms with van der Waals surface area (Å²) in [7, 11) is 0. The maximum atomic E-state index is 11.4. The van der Waals surface area contributed by atoms with E-state index >= 15 is 0 Å². The van der Waals surface area contributed by atoms with Gasteiger partial charge in [0.1, 0.15) is 0 Å². The van der Waals surface area contributed by atoms with E-state index in [4.69, 9.17) is 22.7 Å². The summed E-state index contributed by atoms with van der Waals surface area (Å²) >= 11 is -3.71. The Labute approximate surface area is 222 Å². The van der Waals surface area contributed by atoms with Gasteiger partial charge in [0.15, 0.2) is 0 Å². The molecule has 0 unspecified atom stereocenters. The Morgan fingerprint density at radius 3 is 0.892 bits per heavy atom.